The molecule has 0 bridgehead atoms. The molecule has 140 valence electrons. The van der Waals surface area contributed by atoms with Gasteiger partial charge in [-0.05, 0) is 65.9 Å². The van der Waals surface area contributed by atoms with Crippen molar-refractivity contribution in [3.63, 3.8) is 0 Å². The predicted octanol–water partition coefficient (Wildman–Crippen LogP) is 3.26. The van der Waals surface area contributed by atoms with Crippen LogP contribution in [-0.4, -0.2) is 20.9 Å². The Kier molecular flexibility index (Phi) is 5.75. The highest BCUT2D eigenvalue weighted by Crippen LogP contribution is 2.14. The van der Waals surface area contributed by atoms with Crippen LogP contribution in [0.2, 0.25) is 0 Å². The number of nitriles is 1. The fourth-order valence-electron chi connectivity index (χ4n) is 2.67. The molecule has 0 fully saturated rings. The minimum Gasteiger partial charge on any atom is -0.286 e. The Labute approximate surface area is 175 Å². The summed E-state index contributed by atoms with van der Waals surface area (Å²) in [4.78, 5) is 25.3. The maximum atomic E-state index is 12.8. The van der Waals surface area contributed by atoms with Gasteiger partial charge in [-0.2, -0.15) is 10.4 Å². The maximum Gasteiger partial charge on any atom is 0.296 e. The summed E-state index contributed by atoms with van der Waals surface area (Å²) in [5, 5.41) is 13.2. The van der Waals surface area contributed by atoms with Gasteiger partial charge in [-0.25, -0.2) is 4.68 Å². The lowest BCUT2D eigenvalue weighted by atomic mass is 10.1. The zero-order chi connectivity index (χ0) is 20.3. The van der Waals surface area contributed by atoms with Crippen molar-refractivity contribution < 1.29 is 4.79 Å². The first-order chi connectivity index (χ1) is 13.4. The van der Waals surface area contributed by atoms with Crippen LogP contribution in [0.25, 0.3) is 5.69 Å². The molecular formula is C20H16IN5O2. The zero-order valence-electron chi connectivity index (χ0n) is 15.2. The number of hydrogen-bond acceptors (Lipinski definition) is 5. The van der Waals surface area contributed by atoms with E-state index in [1.165, 1.54) is 4.68 Å². The van der Waals surface area contributed by atoms with Gasteiger partial charge in [0.15, 0.2) is 0 Å². The van der Waals surface area contributed by atoms with E-state index in [9.17, 15) is 14.9 Å². The van der Waals surface area contributed by atoms with E-state index in [2.05, 4.69) is 33.1 Å². The third-order valence-corrected chi connectivity index (χ3v) is 4.98. The SMILES string of the molecule is Cc1c(N/N=C(/C#N)C(=O)c2ccc(I)cc2)c(=O)n(-c2ccccc2)n1C. The molecule has 8 heteroatoms. The standard InChI is InChI=1S/C20H16IN5O2/c1-13-18(20(28)26(25(13)2)16-6-4-3-5-7-16)24-23-17(12-22)19(27)14-8-10-15(21)11-9-14/h3-11,24H,1-2H3/b23-17-. The first-order valence-electron chi connectivity index (χ1n) is 8.32. The van der Waals surface area contributed by atoms with E-state index in [-0.39, 0.29) is 17.0 Å². The van der Waals surface area contributed by atoms with Gasteiger partial charge in [0.1, 0.15) is 11.8 Å². The van der Waals surface area contributed by atoms with Crippen molar-refractivity contribution in [1.29, 1.82) is 5.26 Å². The van der Waals surface area contributed by atoms with Gasteiger partial charge in [0.05, 0.1) is 11.4 Å². The van der Waals surface area contributed by atoms with Crippen molar-refractivity contribution in [1.82, 2.24) is 9.36 Å². The number of hydrogen-bond donors (Lipinski definition) is 1. The molecule has 0 atom stereocenters. The first kappa shape index (κ1) is 19.6. The van der Waals surface area contributed by atoms with Crippen LogP contribution in [0.3, 0.4) is 0 Å². The van der Waals surface area contributed by atoms with Crippen molar-refractivity contribution in [2.75, 3.05) is 5.43 Å². The summed E-state index contributed by atoms with van der Waals surface area (Å²) in [6.07, 6.45) is 0. The van der Waals surface area contributed by atoms with E-state index in [1.807, 2.05) is 30.3 Å². The Morgan fingerprint density at radius 1 is 1.14 bits per heavy atom. The minimum atomic E-state index is -0.511. The monoisotopic (exact) mass is 485 g/mol. The van der Waals surface area contributed by atoms with Crippen molar-refractivity contribution in [2.45, 2.75) is 6.92 Å². The fraction of sp³-hybridized carbons (Fsp3) is 0.100. The van der Waals surface area contributed by atoms with Gasteiger partial charge in [-0.3, -0.25) is 19.7 Å². The number of para-hydroxylation sites is 1. The summed E-state index contributed by atoms with van der Waals surface area (Å²) < 4.78 is 4.15. The molecule has 0 spiro atoms. The molecule has 0 unspecified atom stereocenters. The van der Waals surface area contributed by atoms with E-state index in [0.29, 0.717) is 16.9 Å². The number of hydrazone groups is 1. The number of nitrogens with zero attached hydrogens (tertiary/aromatic N) is 4. The van der Waals surface area contributed by atoms with E-state index in [1.54, 1.807) is 49.0 Å². The van der Waals surface area contributed by atoms with Crippen LogP contribution >= 0.6 is 22.6 Å². The topological polar surface area (TPSA) is 92.2 Å². The first-order valence-corrected chi connectivity index (χ1v) is 9.40. The molecule has 3 rings (SSSR count). The Hall–Kier alpha value is -3.19. The normalized spacial score (nSPS) is 11.1. The second-order valence-corrected chi connectivity index (χ2v) is 7.20. The molecule has 0 aliphatic carbocycles. The molecule has 1 N–H and O–H groups in total. The average molecular weight is 485 g/mol. The van der Waals surface area contributed by atoms with E-state index in [4.69, 9.17) is 0 Å². The number of Topliss-reactive ketones (excluding diaryl/α,β-unsaturated/α-hetero) is 1. The number of nitrogens with one attached hydrogen (secondary N) is 1. The molecule has 0 aliphatic rings. The van der Waals surface area contributed by atoms with Gasteiger partial charge in [0.25, 0.3) is 5.56 Å². The van der Waals surface area contributed by atoms with Gasteiger partial charge in [-0.15, -0.1) is 0 Å². The molecule has 1 heterocycles. The summed E-state index contributed by atoms with van der Waals surface area (Å²) in [7, 11) is 1.75. The van der Waals surface area contributed by atoms with Gasteiger partial charge >= 0.3 is 0 Å². The number of carbonyl (C=O) groups is 1. The van der Waals surface area contributed by atoms with E-state index >= 15 is 0 Å². The molecule has 0 radical (unpaired) electrons. The summed E-state index contributed by atoms with van der Waals surface area (Å²) in [5.41, 5.74) is 3.85. The second-order valence-electron chi connectivity index (χ2n) is 5.96. The molecule has 0 amide bonds. The van der Waals surface area contributed by atoms with Crippen LogP contribution in [0.15, 0.2) is 64.5 Å². The number of ketones is 1. The van der Waals surface area contributed by atoms with Crippen LogP contribution in [0, 0.1) is 21.8 Å². The summed E-state index contributed by atoms with van der Waals surface area (Å²) in [5.74, 6) is -0.511. The Bertz CT molecular complexity index is 1150. The average Bonchev–Trinajstić information content (AvgIpc) is 2.92. The van der Waals surface area contributed by atoms with Gasteiger partial charge in [0.2, 0.25) is 11.5 Å². The van der Waals surface area contributed by atoms with Crippen LogP contribution in [0.1, 0.15) is 16.1 Å². The second kappa shape index (κ2) is 8.22. The molecule has 0 saturated carbocycles. The predicted molar refractivity (Wildman–Crippen MR) is 116 cm³/mol. The minimum absolute atomic E-state index is 0.203. The Morgan fingerprint density at radius 2 is 1.79 bits per heavy atom. The summed E-state index contributed by atoms with van der Waals surface area (Å²) in [6.45, 7) is 1.76. The molecule has 0 saturated heterocycles. The Balaban J connectivity index is 1.95. The van der Waals surface area contributed by atoms with E-state index < -0.39 is 5.78 Å². The van der Waals surface area contributed by atoms with Crippen molar-refractivity contribution in [2.24, 2.45) is 12.1 Å². The van der Waals surface area contributed by atoms with Crippen LogP contribution in [0.5, 0.6) is 0 Å². The zero-order valence-corrected chi connectivity index (χ0v) is 17.3. The maximum absolute atomic E-state index is 12.8. The molecular weight excluding hydrogens is 469 g/mol. The lowest BCUT2D eigenvalue weighted by Crippen LogP contribution is -2.21. The highest BCUT2D eigenvalue weighted by molar-refractivity contribution is 14.1. The number of rotatable bonds is 5. The molecule has 1 aromatic heterocycles. The van der Waals surface area contributed by atoms with E-state index in [0.717, 1.165) is 3.57 Å². The summed E-state index contributed by atoms with van der Waals surface area (Å²) >= 11 is 2.13. The van der Waals surface area contributed by atoms with Crippen molar-refractivity contribution in [3.8, 4) is 11.8 Å². The lowest BCUT2D eigenvalue weighted by Gasteiger charge is -2.07. The quantitative estimate of drug-likeness (QED) is 0.260. The van der Waals surface area contributed by atoms with Crippen LogP contribution in [0.4, 0.5) is 5.69 Å². The van der Waals surface area contributed by atoms with Gasteiger partial charge in [-0.1, -0.05) is 18.2 Å². The highest BCUT2D eigenvalue weighted by Gasteiger charge is 2.18. The molecule has 0 aliphatic heterocycles. The molecule has 28 heavy (non-hydrogen) atoms. The number of benzene rings is 2. The Morgan fingerprint density at radius 3 is 2.39 bits per heavy atom. The molecule has 3 aromatic rings. The number of aromatic nitrogens is 2. The van der Waals surface area contributed by atoms with Crippen LogP contribution < -0.4 is 11.0 Å². The third kappa shape index (κ3) is 3.75. The fourth-order valence-corrected chi connectivity index (χ4v) is 3.03. The van der Waals surface area contributed by atoms with Crippen LogP contribution in [-0.2, 0) is 7.05 Å². The smallest absolute Gasteiger partial charge is 0.286 e. The largest absolute Gasteiger partial charge is 0.296 e. The number of halogens is 1. The van der Waals surface area contributed by atoms with Crippen molar-refractivity contribution >= 4 is 39.8 Å². The molecule has 2 aromatic carbocycles. The number of anilines is 1. The molecule has 7 nitrogen and oxygen atoms in total. The third-order valence-electron chi connectivity index (χ3n) is 4.26. The van der Waals surface area contributed by atoms with Gasteiger partial charge < -0.3 is 0 Å². The lowest BCUT2D eigenvalue weighted by molar-refractivity contribution is 0.106. The van der Waals surface area contributed by atoms with Crippen molar-refractivity contribution in [3.05, 3.63) is 79.8 Å². The van der Waals surface area contributed by atoms with Gasteiger partial charge in [0, 0.05) is 16.2 Å². The summed E-state index contributed by atoms with van der Waals surface area (Å²) in [6, 6.07) is 17.8. The number of carbonyl (C=O) groups excluding carboxylic acids is 1. The highest BCUT2D eigenvalue weighted by atomic mass is 127.